The highest BCUT2D eigenvalue weighted by atomic mass is 16.6. The molecule has 0 radical (unpaired) electrons. The maximum Gasteiger partial charge on any atom is 0.410 e. The average molecular weight is 285 g/mol. The summed E-state index contributed by atoms with van der Waals surface area (Å²) in [6, 6.07) is 0. The number of carbonyl (C=O) groups is 2. The topological polar surface area (TPSA) is 76.1 Å². The quantitative estimate of drug-likeness (QED) is 0.836. The minimum Gasteiger partial charge on any atom is -0.481 e. The lowest BCUT2D eigenvalue weighted by Gasteiger charge is -2.25. The Bertz CT molecular complexity index is 384. The van der Waals surface area contributed by atoms with Gasteiger partial charge in [0.05, 0.1) is 12.0 Å². The van der Waals surface area contributed by atoms with Crippen molar-refractivity contribution in [3.05, 3.63) is 0 Å². The van der Waals surface area contributed by atoms with Crippen LogP contribution in [-0.2, 0) is 14.3 Å². The van der Waals surface area contributed by atoms with Crippen LogP contribution in [0.25, 0.3) is 0 Å². The van der Waals surface area contributed by atoms with Gasteiger partial charge >= 0.3 is 12.1 Å². The number of carboxylic acid groups (broad SMARTS) is 1. The van der Waals surface area contributed by atoms with Crippen LogP contribution in [0.1, 0.15) is 33.6 Å². The van der Waals surface area contributed by atoms with Crippen molar-refractivity contribution in [3.63, 3.8) is 0 Å². The lowest BCUT2D eigenvalue weighted by atomic mass is 9.89. The first kappa shape index (κ1) is 15.1. The van der Waals surface area contributed by atoms with Crippen LogP contribution < -0.4 is 0 Å². The largest absolute Gasteiger partial charge is 0.481 e. The molecule has 1 amide bonds. The van der Waals surface area contributed by atoms with Gasteiger partial charge in [-0.25, -0.2) is 4.79 Å². The van der Waals surface area contributed by atoms with E-state index in [4.69, 9.17) is 9.47 Å². The molecule has 6 heteroatoms. The Morgan fingerprint density at radius 1 is 1.30 bits per heavy atom. The van der Waals surface area contributed by atoms with E-state index in [1.54, 1.807) is 20.8 Å². The third-order valence-electron chi connectivity index (χ3n) is 3.78. The molecule has 0 saturated carbocycles. The number of rotatable bonds is 2. The fourth-order valence-electron chi connectivity index (χ4n) is 2.88. The molecule has 3 unspecified atom stereocenters. The van der Waals surface area contributed by atoms with Crippen molar-refractivity contribution in [3.8, 4) is 0 Å². The van der Waals surface area contributed by atoms with Crippen molar-refractivity contribution in [2.24, 2.45) is 11.8 Å². The molecule has 114 valence electrons. The number of ether oxygens (including phenoxy) is 2. The highest BCUT2D eigenvalue weighted by Gasteiger charge is 2.45. The minimum atomic E-state index is -0.864. The summed E-state index contributed by atoms with van der Waals surface area (Å²) in [4.78, 5) is 24.9. The zero-order valence-corrected chi connectivity index (χ0v) is 12.3. The standard InChI is InChI=1S/C14H23NO5/c1-14(2,3)20-13(18)15-7-9(10(8-15)12(16)17)11-5-4-6-19-11/h9-11H,4-8H2,1-3H3,(H,16,17). The predicted octanol–water partition coefficient (Wildman–Crippen LogP) is 1.73. The molecule has 2 aliphatic heterocycles. The lowest BCUT2D eigenvalue weighted by Crippen LogP contribution is -2.36. The predicted molar refractivity (Wildman–Crippen MR) is 71.4 cm³/mol. The van der Waals surface area contributed by atoms with Gasteiger partial charge in [-0.1, -0.05) is 0 Å². The van der Waals surface area contributed by atoms with E-state index in [2.05, 4.69) is 0 Å². The summed E-state index contributed by atoms with van der Waals surface area (Å²) in [5.74, 6) is -1.57. The van der Waals surface area contributed by atoms with Crippen LogP contribution in [-0.4, -0.2) is 53.5 Å². The Hall–Kier alpha value is -1.30. The zero-order valence-electron chi connectivity index (χ0n) is 12.3. The molecule has 1 N–H and O–H groups in total. The number of amides is 1. The maximum absolute atomic E-state index is 12.1. The number of aliphatic carboxylic acids is 1. The van der Waals surface area contributed by atoms with E-state index >= 15 is 0 Å². The van der Waals surface area contributed by atoms with Gasteiger partial charge in [0.1, 0.15) is 5.60 Å². The SMILES string of the molecule is CC(C)(C)OC(=O)N1CC(C(=O)O)C(C2CCCO2)C1. The zero-order chi connectivity index (χ0) is 14.9. The molecule has 0 bridgehead atoms. The fourth-order valence-corrected chi connectivity index (χ4v) is 2.88. The van der Waals surface area contributed by atoms with Crippen LogP contribution >= 0.6 is 0 Å². The van der Waals surface area contributed by atoms with Crippen LogP contribution in [0.3, 0.4) is 0 Å². The molecule has 2 rings (SSSR count). The molecule has 2 fully saturated rings. The van der Waals surface area contributed by atoms with E-state index in [0.717, 1.165) is 12.8 Å². The molecule has 2 aliphatic rings. The molecule has 0 aliphatic carbocycles. The first-order valence-corrected chi connectivity index (χ1v) is 7.10. The van der Waals surface area contributed by atoms with Gasteiger partial charge in [0.2, 0.25) is 0 Å². The third kappa shape index (κ3) is 3.42. The highest BCUT2D eigenvalue weighted by molar-refractivity contribution is 5.74. The highest BCUT2D eigenvalue weighted by Crippen LogP contribution is 2.33. The molecular formula is C14H23NO5. The van der Waals surface area contributed by atoms with Crippen LogP contribution in [0.4, 0.5) is 4.79 Å². The van der Waals surface area contributed by atoms with Crippen molar-refractivity contribution in [1.82, 2.24) is 4.90 Å². The Morgan fingerprint density at radius 3 is 2.50 bits per heavy atom. The van der Waals surface area contributed by atoms with E-state index < -0.39 is 23.6 Å². The molecule has 6 nitrogen and oxygen atoms in total. The molecule has 0 aromatic heterocycles. The molecule has 2 heterocycles. The number of hydrogen-bond acceptors (Lipinski definition) is 4. The first-order valence-electron chi connectivity index (χ1n) is 7.10. The molecule has 0 aromatic carbocycles. The van der Waals surface area contributed by atoms with Crippen LogP contribution in [0.5, 0.6) is 0 Å². The summed E-state index contributed by atoms with van der Waals surface area (Å²) in [7, 11) is 0. The van der Waals surface area contributed by atoms with Gasteiger partial charge in [-0.3, -0.25) is 4.79 Å². The van der Waals surface area contributed by atoms with E-state index in [1.165, 1.54) is 4.90 Å². The minimum absolute atomic E-state index is 0.0523. The van der Waals surface area contributed by atoms with Gasteiger partial charge in [-0.15, -0.1) is 0 Å². The van der Waals surface area contributed by atoms with Crippen molar-refractivity contribution in [2.45, 2.75) is 45.3 Å². The van der Waals surface area contributed by atoms with E-state index in [9.17, 15) is 14.7 Å². The molecule has 2 saturated heterocycles. The van der Waals surface area contributed by atoms with E-state index in [0.29, 0.717) is 13.2 Å². The molecule has 20 heavy (non-hydrogen) atoms. The monoisotopic (exact) mass is 285 g/mol. The summed E-state index contributed by atoms with van der Waals surface area (Å²) in [6.45, 7) is 6.68. The Balaban J connectivity index is 2.03. The average Bonchev–Trinajstić information content (AvgIpc) is 2.95. The second kappa shape index (κ2) is 5.60. The van der Waals surface area contributed by atoms with E-state index in [-0.39, 0.29) is 18.6 Å². The van der Waals surface area contributed by atoms with Gasteiger partial charge in [0, 0.05) is 25.6 Å². The molecular weight excluding hydrogens is 262 g/mol. The van der Waals surface area contributed by atoms with Crippen molar-refractivity contribution in [2.75, 3.05) is 19.7 Å². The number of carboxylic acids is 1. The number of nitrogens with zero attached hydrogens (tertiary/aromatic N) is 1. The second-order valence-electron chi connectivity index (χ2n) is 6.55. The third-order valence-corrected chi connectivity index (χ3v) is 3.78. The Kier molecular flexibility index (Phi) is 4.22. The number of likely N-dealkylation sites (tertiary alicyclic amines) is 1. The van der Waals surface area contributed by atoms with Gasteiger partial charge in [0.15, 0.2) is 0 Å². The smallest absolute Gasteiger partial charge is 0.410 e. The van der Waals surface area contributed by atoms with Crippen LogP contribution in [0, 0.1) is 11.8 Å². The summed E-state index contributed by atoms with van der Waals surface area (Å²) in [5, 5.41) is 9.34. The summed E-state index contributed by atoms with van der Waals surface area (Å²) < 4.78 is 10.9. The van der Waals surface area contributed by atoms with Gasteiger partial charge in [0.25, 0.3) is 0 Å². The van der Waals surface area contributed by atoms with Crippen LogP contribution in [0.15, 0.2) is 0 Å². The summed E-state index contributed by atoms with van der Waals surface area (Å²) in [5.41, 5.74) is -0.572. The molecule has 0 spiro atoms. The normalized spacial score (nSPS) is 30.6. The second-order valence-corrected chi connectivity index (χ2v) is 6.55. The number of hydrogen-bond donors (Lipinski definition) is 1. The summed E-state index contributed by atoms with van der Waals surface area (Å²) >= 11 is 0. The van der Waals surface area contributed by atoms with Gasteiger partial charge in [-0.05, 0) is 33.6 Å². The molecule has 0 aromatic rings. The Labute approximate surface area is 119 Å². The van der Waals surface area contributed by atoms with Crippen LogP contribution in [0.2, 0.25) is 0 Å². The lowest BCUT2D eigenvalue weighted by molar-refractivity contribution is -0.143. The van der Waals surface area contributed by atoms with Gasteiger partial charge in [-0.2, -0.15) is 0 Å². The fraction of sp³-hybridized carbons (Fsp3) is 0.857. The maximum atomic E-state index is 12.1. The van der Waals surface area contributed by atoms with Crippen molar-refractivity contribution in [1.29, 1.82) is 0 Å². The van der Waals surface area contributed by atoms with Crippen molar-refractivity contribution < 1.29 is 24.2 Å². The Morgan fingerprint density at radius 2 is 2.00 bits per heavy atom. The number of carbonyl (C=O) groups excluding carboxylic acids is 1. The van der Waals surface area contributed by atoms with Crippen molar-refractivity contribution >= 4 is 12.1 Å². The van der Waals surface area contributed by atoms with Gasteiger partial charge < -0.3 is 19.5 Å². The first-order chi connectivity index (χ1) is 9.28. The molecule has 3 atom stereocenters. The summed E-state index contributed by atoms with van der Waals surface area (Å²) in [6.07, 6.45) is 1.34. The van der Waals surface area contributed by atoms with E-state index in [1.807, 2.05) is 0 Å².